The summed E-state index contributed by atoms with van der Waals surface area (Å²) in [6.45, 7) is 0. The number of aromatic nitrogens is 1. The molecule has 2 amide bonds. The highest BCUT2D eigenvalue weighted by Gasteiger charge is 2.10. The van der Waals surface area contributed by atoms with Crippen LogP contribution in [-0.4, -0.2) is 21.9 Å². The van der Waals surface area contributed by atoms with Gasteiger partial charge in [0, 0.05) is 33.2 Å². The highest BCUT2D eigenvalue weighted by atomic mass is 79.9. The molecule has 0 aliphatic carbocycles. The Kier molecular flexibility index (Phi) is 5.96. The minimum atomic E-state index is -0.543. The highest BCUT2D eigenvalue weighted by molar-refractivity contribution is 9.10. The number of halogens is 1. The number of carbonyl (C=O) groups is 1. The van der Waals surface area contributed by atoms with E-state index in [1.807, 2.05) is 0 Å². The molecule has 0 spiro atoms. The number of nitrogens with two attached hydrogens (primary N) is 1. The summed E-state index contributed by atoms with van der Waals surface area (Å²) in [5, 5.41) is 17.9. The lowest BCUT2D eigenvalue weighted by Crippen LogP contribution is -2.39. The maximum Gasteiger partial charge on any atom is 0.325 e. The number of carbonyl (C=O) groups excluding carboxylic acids is 1. The number of hydrogen-bond acceptors (Lipinski definition) is 6. The first kappa shape index (κ1) is 19.5. The minimum absolute atomic E-state index is 0.0265. The Morgan fingerprint density at radius 2 is 2.00 bits per heavy atom. The van der Waals surface area contributed by atoms with Crippen LogP contribution in [0.2, 0.25) is 0 Å². The van der Waals surface area contributed by atoms with Gasteiger partial charge in [-0.05, 0) is 24.3 Å². The molecule has 3 rings (SSSR count). The van der Waals surface area contributed by atoms with Gasteiger partial charge in [-0.1, -0.05) is 28.1 Å². The second kappa shape index (κ2) is 8.59. The van der Waals surface area contributed by atoms with E-state index in [9.17, 15) is 14.9 Å². The van der Waals surface area contributed by atoms with Crippen molar-refractivity contribution in [3.63, 3.8) is 0 Å². The van der Waals surface area contributed by atoms with E-state index in [1.165, 1.54) is 23.5 Å². The zero-order valence-corrected chi connectivity index (χ0v) is 16.5. The molecular formula is C17H13BrN6O3S. The fourth-order valence-electron chi connectivity index (χ4n) is 2.17. The van der Waals surface area contributed by atoms with Gasteiger partial charge in [-0.25, -0.2) is 9.78 Å². The van der Waals surface area contributed by atoms with Gasteiger partial charge < -0.3 is 11.1 Å². The first-order chi connectivity index (χ1) is 13.4. The van der Waals surface area contributed by atoms with Crippen LogP contribution in [0.5, 0.6) is 0 Å². The fourth-order valence-corrected chi connectivity index (χ4v) is 3.14. The first-order valence-corrected chi connectivity index (χ1v) is 9.46. The SMILES string of the molecule is N/C(=N\c1nc(-c2cccc([N+](=O)[O-])c2)cs1)NC(=O)Nc1ccc(Br)cc1. The van der Waals surface area contributed by atoms with Crippen molar-refractivity contribution in [3.05, 3.63) is 68.5 Å². The number of benzene rings is 2. The molecule has 4 N–H and O–H groups in total. The number of nitrogens with one attached hydrogen (secondary N) is 2. The number of guanidine groups is 1. The number of thiazole rings is 1. The third-order valence-electron chi connectivity index (χ3n) is 3.40. The van der Waals surface area contributed by atoms with E-state index in [2.05, 4.69) is 36.5 Å². The van der Waals surface area contributed by atoms with Gasteiger partial charge >= 0.3 is 6.03 Å². The molecule has 11 heteroatoms. The largest absolute Gasteiger partial charge is 0.369 e. The van der Waals surface area contributed by atoms with E-state index in [4.69, 9.17) is 5.73 Å². The zero-order chi connectivity index (χ0) is 20.1. The minimum Gasteiger partial charge on any atom is -0.369 e. The summed E-state index contributed by atoms with van der Waals surface area (Å²) in [5.74, 6) is -0.130. The first-order valence-electron chi connectivity index (χ1n) is 7.79. The predicted octanol–water partition coefficient (Wildman–Crippen LogP) is 4.25. The summed E-state index contributed by atoms with van der Waals surface area (Å²) < 4.78 is 0.892. The summed E-state index contributed by atoms with van der Waals surface area (Å²) in [4.78, 5) is 30.7. The molecule has 0 aliphatic heterocycles. The summed E-state index contributed by atoms with van der Waals surface area (Å²) in [6.07, 6.45) is 0. The third-order valence-corrected chi connectivity index (χ3v) is 4.67. The number of nitro groups is 1. The van der Waals surface area contributed by atoms with E-state index in [-0.39, 0.29) is 11.6 Å². The summed E-state index contributed by atoms with van der Waals surface area (Å²) >= 11 is 4.51. The van der Waals surface area contributed by atoms with Crippen LogP contribution >= 0.6 is 27.3 Å². The molecule has 0 radical (unpaired) electrons. The van der Waals surface area contributed by atoms with Crippen LogP contribution < -0.4 is 16.4 Å². The predicted molar refractivity (Wildman–Crippen MR) is 112 cm³/mol. The van der Waals surface area contributed by atoms with Gasteiger partial charge in [0.25, 0.3) is 5.69 Å². The van der Waals surface area contributed by atoms with Crippen molar-refractivity contribution < 1.29 is 9.72 Å². The lowest BCUT2D eigenvalue weighted by atomic mass is 10.1. The van der Waals surface area contributed by atoms with Crippen molar-refractivity contribution in [3.8, 4) is 11.3 Å². The Bertz CT molecular complexity index is 1050. The maximum absolute atomic E-state index is 12.0. The Balaban J connectivity index is 1.66. The smallest absolute Gasteiger partial charge is 0.325 e. The van der Waals surface area contributed by atoms with Gasteiger partial charge in [-0.2, -0.15) is 4.99 Å². The second-order valence-corrected chi connectivity index (χ2v) is 7.16. The standard InChI is InChI=1S/C17H13BrN6O3S/c18-11-4-6-12(7-5-11)20-16(25)22-15(19)23-17-21-14(9-28-17)10-2-1-3-13(8-10)24(26)27/h1-9H,(H4,19,20,21,22,23,25). The number of urea groups is 1. The van der Waals surface area contributed by atoms with Crippen molar-refractivity contribution in [2.24, 2.45) is 10.7 Å². The van der Waals surface area contributed by atoms with Gasteiger partial charge in [0.2, 0.25) is 11.1 Å². The topological polar surface area (TPSA) is 136 Å². The number of anilines is 1. The number of nitro benzene ring substituents is 1. The fraction of sp³-hybridized carbons (Fsp3) is 0. The summed E-state index contributed by atoms with van der Waals surface area (Å²) in [6, 6.07) is 12.6. The van der Waals surface area contributed by atoms with Gasteiger partial charge in [0.05, 0.1) is 10.6 Å². The molecule has 2 aromatic carbocycles. The maximum atomic E-state index is 12.0. The average Bonchev–Trinajstić information content (AvgIpc) is 3.12. The molecule has 0 aliphatic rings. The van der Waals surface area contributed by atoms with Crippen LogP contribution in [0.1, 0.15) is 0 Å². The molecule has 28 heavy (non-hydrogen) atoms. The van der Waals surface area contributed by atoms with Crippen molar-refractivity contribution in [1.82, 2.24) is 10.3 Å². The normalized spacial score (nSPS) is 11.1. The molecule has 0 unspecified atom stereocenters. The van der Waals surface area contributed by atoms with E-state index in [0.29, 0.717) is 22.1 Å². The molecule has 0 atom stereocenters. The molecule has 142 valence electrons. The van der Waals surface area contributed by atoms with Crippen LogP contribution in [0.3, 0.4) is 0 Å². The zero-order valence-electron chi connectivity index (χ0n) is 14.1. The molecule has 0 saturated carbocycles. The van der Waals surface area contributed by atoms with Crippen LogP contribution in [0.15, 0.2) is 63.4 Å². The number of nitrogens with zero attached hydrogens (tertiary/aromatic N) is 3. The van der Waals surface area contributed by atoms with E-state index in [0.717, 1.165) is 4.47 Å². The Morgan fingerprint density at radius 3 is 2.71 bits per heavy atom. The Labute approximate surface area is 171 Å². The number of non-ortho nitro benzene ring substituents is 1. The lowest BCUT2D eigenvalue weighted by molar-refractivity contribution is -0.384. The molecule has 0 bridgehead atoms. The van der Waals surface area contributed by atoms with Gasteiger partial charge in [0.15, 0.2) is 0 Å². The Morgan fingerprint density at radius 1 is 1.25 bits per heavy atom. The van der Waals surface area contributed by atoms with Gasteiger partial charge in [-0.15, -0.1) is 11.3 Å². The quantitative estimate of drug-likeness (QED) is 0.231. The van der Waals surface area contributed by atoms with Crippen molar-refractivity contribution in [2.45, 2.75) is 0 Å². The molecule has 0 saturated heterocycles. The molecule has 9 nitrogen and oxygen atoms in total. The van der Waals surface area contributed by atoms with Gasteiger partial charge in [-0.3, -0.25) is 15.4 Å². The molecule has 1 aromatic heterocycles. The molecule has 1 heterocycles. The molecular weight excluding hydrogens is 448 g/mol. The summed E-state index contributed by atoms with van der Waals surface area (Å²) in [5.41, 5.74) is 7.43. The Hall–Kier alpha value is -3.31. The van der Waals surface area contributed by atoms with E-state index in [1.54, 1.807) is 41.8 Å². The van der Waals surface area contributed by atoms with Crippen LogP contribution in [0.25, 0.3) is 11.3 Å². The third kappa shape index (κ3) is 5.11. The molecule has 0 fully saturated rings. The summed E-state index contributed by atoms with van der Waals surface area (Å²) in [7, 11) is 0. The van der Waals surface area contributed by atoms with Crippen LogP contribution in [0.4, 0.5) is 21.3 Å². The second-order valence-electron chi connectivity index (χ2n) is 5.41. The van der Waals surface area contributed by atoms with Gasteiger partial charge in [0.1, 0.15) is 0 Å². The van der Waals surface area contributed by atoms with E-state index < -0.39 is 11.0 Å². The average molecular weight is 461 g/mol. The van der Waals surface area contributed by atoms with E-state index >= 15 is 0 Å². The lowest BCUT2D eigenvalue weighted by Gasteiger charge is -2.06. The van der Waals surface area contributed by atoms with Crippen LogP contribution in [0, 0.1) is 10.1 Å². The number of amides is 2. The highest BCUT2D eigenvalue weighted by Crippen LogP contribution is 2.28. The monoisotopic (exact) mass is 460 g/mol. The van der Waals surface area contributed by atoms with Crippen molar-refractivity contribution in [2.75, 3.05) is 5.32 Å². The van der Waals surface area contributed by atoms with Crippen LogP contribution in [-0.2, 0) is 0 Å². The number of hydrogen-bond donors (Lipinski definition) is 3. The van der Waals surface area contributed by atoms with Crippen molar-refractivity contribution in [1.29, 1.82) is 0 Å². The molecule has 3 aromatic rings. The number of rotatable bonds is 4. The van der Waals surface area contributed by atoms with Crippen molar-refractivity contribution >= 4 is 55.8 Å². The number of aliphatic imine (C=N–C) groups is 1.